The third-order valence-corrected chi connectivity index (χ3v) is 8.32. The predicted octanol–water partition coefficient (Wildman–Crippen LogP) is 4.95. The number of nitrogens with one attached hydrogen (secondary N) is 1. The average Bonchev–Trinajstić information content (AvgIpc) is 3.60. The minimum atomic E-state index is -0.993. The van der Waals surface area contributed by atoms with Crippen LogP contribution in [0.25, 0.3) is 0 Å². The van der Waals surface area contributed by atoms with Crippen molar-refractivity contribution in [2.75, 3.05) is 23.4 Å². The van der Waals surface area contributed by atoms with Gasteiger partial charge in [0, 0.05) is 17.8 Å². The van der Waals surface area contributed by atoms with Crippen LogP contribution in [0.1, 0.15) is 56.2 Å². The lowest BCUT2D eigenvalue weighted by atomic mass is 9.80. The standard InChI is InChI=1S/C27H26N2O4S/c30-25(17-7-9-20(10-8-17)29-13-22-12-21(29)14-33-22)28-26-24(27(31)32)23(15-34-26)19-6-5-16-3-1-2-4-18(16)11-19/h1-4,7-10,15,19,21-22H,5-6,11-14H2,(H,28,30)(H,31,32)/t19?,21-,22-/m1/s1. The highest BCUT2D eigenvalue weighted by atomic mass is 32.1. The number of amides is 1. The zero-order chi connectivity index (χ0) is 23.2. The van der Waals surface area contributed by atoms with Crippen LogP contribution in [0.15, 0.2) is 53.9 Å². The van der Waals surface area contributed by atoms with Gasteiger partial charge in [-0.1, -0.05) is 24.3 Å². The highest BCUT2D eigenvalue weighted by Gasteiger charge is 2.39. The molecular weight excluding hydrogens is 448 g/mol. The number of thiophene rings is 1. The summed E-state index contributed by atoms with van der Waals surface area (Å²) in [6.07, 6.45) is 4.05. The average molecular weight is 475 g/mol. The van der Waals surface area contributed by atoms with Crippen molar-refractivity contribution >= 4 is 33.9 Å². The number of carboxylic acid groups (broad SMARTS) is 1. The van der Waals surface area contributed by atoms with Crippen molar-refractivity contribution in [2.45, 2.75) is 43.7 Å². The molecule has 6 rings (SSSR count). The predicted molar refractivity (Wildman–Crippen MR) is 132 cm³/mol. The molecular formula is C27H26N2O4S. The number of morpholine rings is 1. The molecule has 2 aliphatic heterocycles. The maximum Gasteiger partial charge on any atom is 0.339 e. The van der Waals surface area contributed by atoms with Gasteiger partial charge in [-0.15, -0.1) is 11.3 Å². The van der Waals surface area contributed by atoms with E-state index in [2.05, 4.69) is 28.4 Å². The molecule has 2 saturated heterocycles. The van der Waals surface area contributed by atoms with Gasteiger partial charge < -0.3 is 20.1 Å². The second-order valence-electron chi connectivity index (χ2n) is 9.41. The molecule has 3 atom stereocenters. The highest BCUT2D eigenvalue weighted by Crippen LogP contribution is 2.40. The number of carboxylic acids is 1. The van der Waals surface area contributed by atoms with E-state index in [-0.39, 0.29) is 17.4 Å². The van der Waals surface area contributed by atoms with E-state index in [1.807, 2.05) is 35.7 Å². The fraction of sp³-hybridized carbons (Fsp3) is 0.333. The fourth-order valence-electron chi connectivity index (χ4n) is 5.64. The number of ether oxygens (including phenoxy) is 1. The molecule has 1 unspecified atom stereocenters. The van der Waals surface area contributed by atoms with E-state index >= 15 is 0 Å². The molecule has 2 aromatic carbocycles. The molecule has 3 aromatic rings. The van der Waals surface area contributed by atoms with Gasteiger partial charge in [-0.3, -0.25) is 4.79 Å². The van der Waals surface area contributed by atoms with E-state index in [0.717, 1.165) is 50.1 Å². The molecule has 174 valence electrons. The summed E-state index contributed by atoms with van der Waals surface area (Å²) in [5.41, 5.74) is 5.29. The van der Waals surface area contributed by atoms with Gasteiger partial charge in [0.05, 0.1) is 24.3 Å². The summed E-state index contributed by atoms with van der Waals surface area (Å²) in [4.78, 5) is 27.5. The van der Waals surface area contributed by atoms with Crippen LogP contribution in [0.2, 0.25) is 0 Å². The summed E-state index contributed by atoms with van der Waals surface area (Å²) in [7, 11) is 0. The second-order valence-corrected chi connectivity index (χ2v) is 10.3. The van der Waals surface area contributed by atoms with Crippen molar-refractivity contribution < 1.29 is 19.4 Å². The van der Waals surface area contributed by atoms with E-state index in [0.29, 0.717) is 22.7 Å². The zero-order valence-electron chi connectivity index (χ0n) is 18.7. The topological polar surface area (TPSA) is 78.9 Å². The number of hydrogen-bond donors (Lipinski definition) is 2. The number of hydrogen-bond acceptors (Lipinski definition) is 5. The minimum absolute atomic E-state index is 0.141. The molecule has 3 aliphatic rings. The fourth-order valence-corrected chi connectivity index (χ4v) is 6.67. The summed E-state index contributed by atoms with van der Waals surface area (Å²) in [6, 6.07) is 16.3. The van der Waals surface area contributed by atoms with Crippen LogP contribution in [-0.4, -0.2) is 42.3 Å². The summed E-state index contributed by atoms with van der Waals surface area (Å²) in [6.45, 7) is 1.65. The summed E-state index contributed by atoms with van der Waals surface area (Å²) in [5, 5.41) is 15.2. The third kappa shape index (κ3) is 3.79. The summed E-state index contributed by atoms with van der Waals surface area (Å²) in [5.74, 6) is -1.14. The Bertz CT molecular complexity index is 1250. The molecule has 0 saturated carbocycles. The monoisotopic (exact) mass is 474 g/mol. The minimum Gasteiger partial charge on any atom is -0.478 e. The Kier molecular flexibility index (Phi) is 5.38. The molecule has 3 heterocycles. The number of aryl methyl sites for hydroxylation is 1. The SMILES string of the molecule is O=C(Nc1scc(C2CCc3ccccc3C2)c1C(=O)O)c1ccc(N2C[C@H]3C[C@@H]2CO3)cc1. The van der Waals surface area contributed by atoms with Crippen LogP contribution in [0.3, 0.4) is 0 Å². The summed E-state index contributed by atoms with van der Waals surface area (Å²) >= 11 is 1.30. The first-order chi connectivity index (χ1) is 16.6. The van der Waals surface area contributed by atoms with Crippen LogP contribution < -0.4 is 10.2 Å². The highest BCUT2D eigenvalue weighted by molar-refractivity contribution is 7.15. The molecule has 2 N–H and O–H groups in total. The molecule has 1 aromatic heterocycles. The van der Waals surface area contributed by atoms with E-state index in [9.17, 15) is 14.7 Å². The van der Waals surface area contributed by atoms with Gasteiger partial charge in [0.1, 0.15) is 5.00 Å². The first kappa shape index (κ1) is 21.4. The quantitative estimate of drug-likeness (QED) is 0.547. The maximum atomic E-state index is 13.0. The van der Waals surface area contributed by atoms with Crippen molar-refractivity contribution in [1.82, 2.24) is 0 Å². The van der Waals surface area contributed by atoms with Crippen LogP contribution in [-0.2, 0) is 17.6 Å². The number of carbonyl (C=O) groups is 2. The Balaban J connectivity index is 1.19. The van der Waals surface area contributed by atoms with Crippen LogP contribution in [0, 0.1) is 0 Å². The lowest BCUT2D eigenvalue weighted by Gasteiger charge is -2.29. The first-order valence-corrected chi connectivity index (χ1v) is 12.7. The van der Waals surface area contributed by atoms with E-state index in [4.69, 9.17) is 4.74 Å². The largest absolute Gasteiger partial charge is 0.478 e. The van der Waals surface area contributed by atoms with Gasteiger partial charge >= 0.3 is 5.97 Å². The van der Waals surface area contributed by atoms with Crippen molar-refractivity contribution in [1.29, 1.82) is 0 Å². The molecule has 6 nitrogen and oxygen atoms in total. The Morgan fingerprint density at radius 2 is 1.88 bits per heavy atom. The van der Waals surface area contributed by atoms with E-state index in [1.54, 1.807) is 0 Å². The van der Waals surface area contributed by atoms with Crippen LogP contribution in [0.5, 0.6) is 0 Å². The number of aromatic carboxylic acids is 1. The Labute approximate surface area is 202 Å². The number of benzene rings is 2. The second kappa shape index (κ2) is 8.56. The Morgan fingerprint density at radius 3 is 2.59 bits per heavy atom. The lowest BCUT2D eigenvalue weighted by Crippen LogP contribution is -2.36. The first-order valence-electron chi connectivity index (χ1n) is 11.8. The molecule has 1 amide bonds. The number of carbonyl (C=O) groups excluding carboxylic acids is 1. The van der Waals surface area contributed by atoms with Gasteiger partial charge in [-0.05, 0) is 77.9 Å². The molecule has 0 radical (unpaired) electrons. The molecule has 2 bridgehead atoms. The van der Waals surface area contributed by atoms with Gasteiger partial charge in [-0.25, -0.2) is 4.79 Å². The molecule has 7 heteroatoms. The normalized spacial score (nSPS) is 23.1. The maximum absolute atomic E-state index is 13.0. The number of anilines is 2. The van der Waals surface area contributed by atoms with E-state index in [1.165, 1.54) is 22.5 Å². The molecule has 2 fully saturated rings. The van der Waals surface area contributed by atoms with Gasteiger partial charge in [-0.2, -0.15) is 0 Å². The Morgan fingerprint density at radius 1 is 1.09 bits per heavy atom. The van der Waals surface area contributed by atoms with Crippen LogP contribution in [0.4, 0.5) is 10.7 Å². The van der Waals surface area contributed by atoms with Crippen LogP contribution >= 0.6 is 11.3 Å². The summed E-state index contributed by atoms with van der Waals surface area (Å²) < 4.78 is 5.67. The Hall–Kier alpha value is -3.16. The van der Waals surface area contributed by atoms with Crippen molar-refractivity contribution in [3.63, 3.8) is 0 Å². The number of fused-ring (bicyclic) bond motifs is 3. The number of rotatable bonds is 5. The van der Waals surface area contributed by atoms with Crippen molar-refractivity contribution in [2.24, 2.45) is 0 Å². The zero-order valence-corrected chi connectivity index (χ0v) is 19.5. The van der Waals surface area contributed by atoms with E-state index < -0.39 is 5.97 Å². The van der Waals surface area contributed by atoms with Crippen molar-refractivity contribution in [3.8, 4) is 0 Å². The van der Waals surface area contributed by atoms with Gasteiger partial charge in [0.25, 0.3) is 5.91 Å². The van der Waals surface area contributed by atoms with Crippen molar-refractivity contribution in [3.05, 3.63) is 81.7 Å². The third-order valence-electron chi connectivity index (χ3n) is 7.41. The lowest BCUT2D eigenvalue weighted by molar-refractivity contribution is 0.0696. The smallest absolute Gasteiger partial charge is 0.339 e. The van der Waals surface area contributed by atoms with Gasteiger partial charge in [0.2, 0.25) is 0 Å². The molecule has 1 aliphatic carbocycles. The molecule has 34 heavy (non-hydrogen) atoms. The number of nitrogens with zero attached hydrogens (tertiary/aromatic N) is 1. The van der Waals surface area contributed by atoms with Gasteiger partial charge in [0.15, 0.2) is 0 Å². The molecule has 0 spiro atoms.